The molecule has 0 radical (unpaired) electrons. The van der Waals surface area contributed by atoms with E-state index in [0.717, 1.165) is 11.3 Å². The summed E-state index contributed by atoms with van der Waals surface area (Å²) in [6, 6.07) is 9.73. The summed E-state index contributed by atoms with van der Waals surface area (Å²) in [7, 11) is 0. The highest BCUT2D eigenvalue weighted by Crippen LogP contribution is 2.35. The average molecular weight is 353 g/mol. The second-order valence-corrected chi connectivity index (χ2v) is 6.81. The minimum Gasteiger partial charge on any atom is -0.368 e. The quantitative estimate of drug-likeness (QED) is 0.729. The zero-order chi connectivity index (χ0) is 17.4. The minimum absolute atomic E-state index is 0.278. The minimum atomic E-state index is -0.890. The van der Waals surface area contributed by atoms with E-state index >= 15 is 0 Å². The van der Waals surface area contributed by atoms with Crippen molar-refractivity contribution in [3.05, 3.63) is 53.8 Å². The van der Waals surface area contributed by atoms with Gasteiger partial charge in [-0.15, -0.1) is 11.3 Å². The molecule has 4 rings (SSSR count). The number of thiazole rings is 1. The first-order chi connectivity index (χ1) is 12.1. The normalized spacial score (nSPS) is 14.9. The van der Waals surface area contributed by atoms with Crippen LogP contribution in [0.1, 0.15) is 23.3 Å². The van der Waals surface area contributed by atoms with Crippen LogP contribution in [0.4, 0.5) is 0 Å². The summed E-state index contributed by atoms with van der Waals surface area (Å²) in [5, 5.41) is 9.38. The van der Waals surface area contributed by atoms with E-state index in [1.54, 1.807) is 16.3 Å². The van der Waals surface area contributed by atoms with Gasteiger partial charge in [-0.3, -0.25) is 9.59 Å². The fourth-order valence-corrected chi connectivity index (χ4v) is 3.28. The van der Waals surface area contributed by atoms with E-state index < -0.39 is 11.4 Å². The molecule has 0 unspecified atom stereocenters. The smallest absolute Gasteiger partial charge is 0.271 e. The molecule has 3 N–H and O–H groups in total. The zero-order valence-electron chi connectivity index (χ0n) is 13.2. The highest BCUT2D eigenvalue weighted by Gasteiger charge is 2.50. The summed E-state index contributed by atoms with van der Waals surface area (Å²) < 4.78 is 1.75. The van der Waals surface area contributed by atoms with Crippen molar-refractivity contribution in [1.82, 2.24) is 20.1 Å². The highest BCUT2D eigenvalue weighted by molar-refractivity contribution is 7.13. The van der Waals surface area contributed by atoms with Gasteiger partial charge in [0.15, 0.2) is 0 Å². The van der Waals surface area contributed by atoms with Crippen molar-refractivity contribution in [2.24, 2.45) is 5.73 Å². The Morgan fingerprint density at radius 3 is 2.68 bits per heavy atom. The molecule has 0 aliphatic heterocycles. The van der Waals surface area contributed by atoms with Gasteiger partial charge in [-0.2, -0.15) is 5.10 Å². The molecule has 0 spiro atoms. The first kappa shape index (κ1) is 15.5. The standard InChI is InChI=1S/C17H15N5O2S/c18-16(24)17(6-7-17)21-14(23)13-10-25-15(20-13)11-8-19-22(9-11)12-4-2-1-3-5-12/h1-5,8-10H,6-7H2,(H2,18,24)(H,21,23). The number of para-hydroxylation sites is 1. The van der Waals surface area contributed by atoms with E-state index in [-0.39, 0.29) is 11.6 Å². The van der Waals surface area contributed by atoms with Gasteiger partial charge in [-0.05, 0) is 25.0 Å². The molecule has 1 fully saturated rings. The Labute approximate surface area is 147 Å². The Morgan fingerprint density at radius 2 is 2.00 bits per heavy atom. The average Bonchev–Trinajstić information content (AvgIpc) is 3.04. The molecule has 8 heteroatoms. The lowest BCUT2D eigenvalue weighted by Crippen LogP contribution is -2.46. The molecule has 2 amide bonds. The van der Waals surface area contributed by atoms with E-state index in [2.05, 4.69) is 15.4 Å². The number of aromatic nitrogens is 3. The maximum atomic E-state index is 12.3. The Morgan fingerprint density at radius 1 is 1.24 bits per heavy atom. The molecule has 0 saturated heterocycles. The first-order valence-corrected chi connectivity index (χ1v) is 8.64. The predicted molar refractivity (Wildman–Crippen MR) is 93.3 cm³/mol. The van der Waals surface area contributed by atoms with Crippen molar-refractivity contribution in [2.45, 2.75) is 18.4 Å². The molecular weight excluding hydrogens is 338 g/mol. The Kier molecular flexibility index (Phi) is 3.61. The van der Waals surface area contributed by atoms with Crippen molar-refractivity contribution >= 4 is 23.2 Å². The van der Waals surface area contributed by atoms with Crippen molar-refractivity contribution < 1.29 is 9.59 Å². The Hall–Kier alpha value is -3.00. The van der Waals surface area contributed by atoms with E-state index in [9.17, 15) is 9.59 Å². The van der Waals surface area contributed by atoms with Crippen molar-refractivity contribution in [3.8, 4) is 16.3 Å². The van der Waals surface area contributed by atoms with Gasteiger partial charge >= 0.3 is 0 Å². The fourth-order valence-electron chi connectivity index (χ4n) is 2.51. The molecule has 1 aliphatic rings. The van der Waals surface area contributed by atoms with Gasteiger partial charge in [0.1, 0.15) is 16.2 Å². The molecule has 0 atom stereocenters. The summed E-state index contributed by atoms with van der Waals surface area (Å²) >= 11 is 1.35. The van der Waals surface area contributed by atoms with Crippen LogP contribution in [-0.2, 0) is 4.79 Å². The fraction of sp³-hybridized carbons (Fsp3) is 0.176. The van der Waals surface area contributed by atoms with E-state index in [1.807, 2.05) is 36.5 Å². The lowest BCUT2D eigenvalue weighted by atomic mass is 10.2. The van der Waals surface area contributed by atoms with Crippen LogP contribution in [0.25, 0.3) is 16.3 Å². The first-order valence-electron chi connectivity index (χ1n) is 7.76. The second kappa shape index (κ2) is 5.82. The van der Waals surface area contributed by atoms with Crippen LogP contribution < -0.4 is 11.1 Å². The summed E-state index contributed by atoms with van der Waals surface area (Å²) in [6.45, 7) is 0. The lowest BCUT2D eigenvalue weighted by molar-refractivity contribution is -0.120. The largest absolute Gasteiger partial charge is 0.368 e. The van der Waals surface area contributed by atoms with E-state index in [1.165, 1.54) is 11.3 Å². The molecule has 126 valence electrons. The molecule has 3 aromatic rings. The van der Waals surface area contributed by atoms with E-state index in [4.69, 9.17) is 5.73 Å². The number of amides is 2. The van der Waals surface area contributed by atoms with Gasteiger partial charge in [-0.25, -0.2) is 9.67 Å². The van der Waals surface area contributed by atoms with Crippen LogP contribution in [0.15, 0.2) is 48.1 Å². The molecule has 1 aliphatic carbocycles. The number of hydrogen-bond donors (Lipinski definition) is 2. The van der Waals surface area contributed by atoms with Crippen LogP contribution in [-0.4, -0.2) is 32.1 Å². The SMILES string of the molecule is NC(=O)C1(NC(=O)c2csc(-c3cnn(-c4ccccc4)c3)n2)CC1. The maximum Gasteiger partial charge on any atom is 0.271 e. The van der Waals surface area contributed by atoms with Crippen LogP contribution in [0.5, 0.6) is 0 Å². The number of primary amides is 1. The molecule has 1 aromatic carbocycles. The summed E-state index contributed by atoms with van der Waals surface area (Å²) in [5.74, 6) is -0.880. The third-order valence-corrected chi connectivity index (χ3v) is 5.05. The molecule has 1 saturated carbocycles. The van der Waals surface area contributed by atoms with Crippen molar-refractivity contribution in [2.75, 3.05) is 0 Å². The van der Waals surface area contributed by atoms with Gasteiger partial charge in [0.2, 0.25) is 5.91 Å². The third-order valence-electron chi connectivity index (χ3n) is 4.16. The molecule has 2 aromatic heterocycles. The molecule has 7 nitrogen and oxygen atoms in total. The number of rotatable bonds is 5. The van der Waals surface area contributed by atoms with Crippen LogP contribution in [0, 0.1) is 0 Å². The molecule has 2 heterocycles. The Balaban J connectivity index is 1.53. The molecular formula is C17H15N5O2S. The van der Waals surface area contributed by atoms with Crippen molar-refractivity contribution in [1.29, 1.82) is 0 Å². The molecule has 25 heavy (non-hydrogen) atoms. The summed E-state index contributed by atoms with van der Waals surface area (Å²) in [5.41, 5.74) is 6.49. The van der Waals surface area contributed by atoms with Crippen molar-refractivity contribution in [3.63, 3.8) is 0 Å². The number of nitrogens with two attached hydrogens (primary N) is 1. The number of hydrogen-bond acceptors (Lipinski definition) is 5. The topological polar surface area (TPSA) is 103 Å². The number of benzene rings is 1. The lowest BCUT2D eigenvalue weighted by Gasteiger charge is -2.11. The number of carbonyl (C=O) groups is 2. The summed E-state index contributed by atoms with van der Waals surface area (Å²) in [4.78, 5) is 28.0. The zero-order valence-corrected chi connectivity index (χ0v) is 14.0. The van der Waals surface area contributed by atoms with Gasteiger partial charge < -0.3 is 11.1 Å². The van der Waals surface area contributed by atoms with Gasteiger partial charge in [0, 0.05) is 17.1 Å². The third kappa shape index (κ3) is 2.91. The monoisotopic (exact) mass is 353 g/mol. The van der Waals surface area contributed by atoms with Gasteiger partial charge in [0.25, 0.3) is 5.91 Å². The molecule has 0 bridgehead atoms. The second-order valence-electron chi connectivity index (χ2n) is 5.95. The van der Waals surface area contributed by atoms with Crippen LogP contribution in [0.3, 0.4) is 0 Å². The number of nitrogens with zero attached hydrogens (tertiary/aromatic N) is 3. The number of carbonyl (C=O) groups excluding carboxylic acids is 2. The predicted octanol–water partition coefficient (Wildman–Crippen LogP) is 1.74. The van der Waals surface area contributed by atoms with Gasteiger partial charge in [-0.1, -0.05) is 18.2 Å². The maximum absolute atomic E-state index is 12.3. The van der Waals surface area contributed by atoms with Crippen LogP contribution >= 0.6 is 11.3 Å². The van der Waals surface area contributed by atoms with Gasteiger partial charge in [0.05, 0.1) is 11.9 Å². The van der Waals surface area contributed by atoms with E-state index in [0.29, 0.717) is 17.8 Å². The Bertz CT molecular complexity index is 943. The number of nitrogens with one attached hydrogen (secondary N) is 1. The highest BCUT2D eigenvalue weighted by atomic mass is 32.1. The van der Waals surface area contributed by atoms with Crippen LogP contribution in [0.2, 0.25) is 0 Å². The summed E-state index contributed by atoms with van der Waals surface area (Å²) in [6.07, 6.45) is 4.73.